The van der Waals surface area contributed by atoms with Crippen molar-refractivity contribution in [1.29, 1.82) is 0 Å². The predicted octanol–water partition coefficient (Wildman–Crippen LogP) is 5.34. The Balaban J connectivity index is 5.04. The molecule has 0 aliphatic rings. The number of methoxy groups -OCH3 is 1. The van der Waals surface area contributed by atoms with Crippen molar-refractivity contribution in [2.45, 2.75) is 40.3 Å². The number of rotatable bonds is 7. The lowest BCUT2D eigenvalue weighted by Crippen LogP contribution is -2.44. The number of carbonyl (C=O) groups is 2. The van der Waals surface area contributed by atoms with Gasteiger partial charge in [0.05, 0.1) is 7.11 Å². The molecule has 0 aromatic heterocycles. The molecule has 0 saturated carbocycles. The van der Waals surface area contributed by atoms with Gasteiger partial charge in [0.25, 0.3) is 0 Å². The molecule has 3 atom stereocenters. The number of alkyl halides is 6. The first-order valence-corrected chi connectivity index (χ1v) is 9.63. The third-order valence-electron chi connectivity index (χ3n) is 3.73. The molecule has 0 aliphatic carbocycles. The molecular weight excluding hydrogens is 455 g/mol. The molecule has 0 aliphatic heterocycles. The van der Waals surface area contributed by atoms with Gasteiger partial charge in [-0.25, -0.2) is 4.79 Å². The summed E-state index contributed by atoms with van der Waals surface area (Å²) in [6, 6.07) is -0.890. The van der Waals surface area contributed by atoms with Crippen LogP contribution in [0.4, 0.5) is 0 Å². The summed E-state index contributed by atoms with van der Waals surface area (Å²) in [6.45, 7) is 3.41. The van der Waals surface area contributed by atoms with Gasteiger partial charge in [-0.1, -0.05) is 89.5 Å². The van der Waals surface area contributed by atoms with Crippen LogP contribution in [-0.2, 0) is 14.3 Å². The van der Waals surface area contributed by atoms with Gasteiger partial charge in [-0.3, -0.25) is 4.79 Å². The van der Waals surface area contributed by atoms with E-state index in [1.807, 2.05) is 0 Å². The molecule has 0 aromatic rings. The van der Waals surface area contributed by atoms with Gasteiger partial charge in [0.1, 0.15) is 6.04 Å². The normalized spacial score (nSPS) is 16.4. The maximum absolute atomic E-state index is 12.3. The Kier molecular flexibility index (Phi) is 10.9. The molecule has 0 spiro atoms. The smallest absolute Gasteiger partial charge is 0.328 e. The van der Waals surface area contributed by atoms with Gasteiger partial charge in [-0.15, -0.1) is 0 Å². The van der Waals surface area contributed by atoms with Crippen LogP contribution in [0.25, 0.3) is 0 Å². The van der Waals surface area contributed by atoms with E-state index in [1.165, 1.54) is 25.1 Å². The lowest BCUT2D eigenvalue weighted by molar-refractivity contribution is -0.151. The number of likely N-dealkylation sites (N-methyl/N-ethyl adjacent to an activating group) is 1. The molecule has 0 heterocycles. The van der Waals surface area contributed by atoms with Crippen LogP contribution in [0.5, 0.6) is 0 Å². The van der Waals surface area contributed by atoms with Gasteiger partial charge in [0.2, 0.25) is 5.91 Å². The zero-order valence-corrected chi connectivity index (χ0v) is 18.8. The van der Waals surface area contributed by atoms with E-state index in [2.05, 4.69) is 0 Å². The summed E-state index contributed by atoms with van der Waals surface area (Å²) in [5, 5.41) is 0. The van der Waals surface area contributed by atoms with Crippen molar-refractivity contribution < 1.29 is 14.3 Å². The second kappa shape index (κ2) is 10.7. The molecule has 0 saturated heterocycles. The Morgan fingerprint density at radius 1 is 1.04 bits per heavy atom. The first kappa shape index (κ1) is 25.4. The number of esters is 1. The maximum Gasteiger partial charge on any atom is 0.328 e. The van der Waals surface area contributed by atoms with E-state index in [4.69, 9.17) is 74.3 Å². The standard InChI is InChI=1S/C15H21Cl6NO3/c1-9(14(16,17)18)6-5-7-12(23)22(3)11(13(24)25-4)8-10(2)15(19,20)21/h5,7,9-11H,6,8H2,1-4H3/b7-5+/t9-,10-,11-/m0/s1. The first-order valence-electron chi connectivity index (χ1n) is 7.36. The van der Waals surface area contributed by atoms with Crippen LogP contribution in [0.3, 0.4) is 0 Å². The molecule has 1 amide bonds. The van der Waals surface area contributed by atoms with Crippen molar-refractivity contribution in [2.75, 3.05) is 14.2 Å². The highest BCUT2D eigenvalue weighted by atomic mass is 35.6. The molecule has 146 valence electrons. The molecule has 4 nitrogen and oxygen atoms in total. The van der Waals surface area contributed by atoms with Gasteiger partial charge in [0.15, 0.2) is 7.59 Å². The molecule has 25 heavy (non-hydrogen) atoms. The third kappa shape index (κ3) is 9.25. The Morgan fingerprint density at radius 3 is 1.92 bits per heavy atom. The number of amides is 1. The summed E-state index contributed by atoms with van der Waals surface area (Å²) in [7, 11) is 2.70. The van der Waals surface area contributed by atoms with E-state index < -0.39 is 31.4 Å². The molecule has 0 unspecified atom stereocenters. The predicted molar refractivity (Wildman–Crippen MR) is 106 cm³/mol. The van der Waals surface area contributed by atoms with E-state index in [9.17, 15) is 9.59 Å². The molecular formula is C15H21Cl6NO3. The number of hydrogen-bond acceptors (Lipinski definition) is 3. The monoisotopic (exact) mass is 473 g/mol. The average molecular weight is 476 g/mol. The second-order valence-electron chi connectivity index (χ2n) is 5.75. The van der Waals surface area contributed by atoms with Crippen LogP contribution in [0.15, 0.2) is 12.2 Å². The molecule has 0 N–H and O–H groups in total. The summed E-state index contributed by atoms with van der Waals surface area (Å²) < 4.78 is 1.76. The summed E-state index contributed by atoms with van der Waals surface area (Å²) >= 11 is 34.9. The Morgan fingerprint density at radius 2 is 1.52 bits per heavy atom. The fourth-order valence-corrected chi connectivity index (χ4v) is 2.33. The average Bonchev–Trinajstić information content (AvgIpc) is 2.48. The van der Waals surface area contributed by atoms with E-state index in [0.717, 1.165) is 0 Å². The van der Waals surface area contributed by atoms with Crippen molar-refractivity contribution >= 4 is 81.5 Å². The van der Waals surface area contributed by atoms with Crippen LogP contribution in [-0.4, -0.2) is 44.6 Å². The zero-order valence-electron chi connectivity index (χ0n) is 14.2. The van der Waals surface area contributed by atoms with Crippen LogP contribution in [0.1, 0.15) is 26.7 Å². The third-order valence-corrected chi connectivity index (χ3v) is 5.97. The lowest BCUT2D eigenvalue weighted by Gasteiger charge is -2.29. The second-order valence-corrected chi connectivity index (χ2v) is 10.5. The topological polar surface area (TPSA) is 46.6 Å². The van der Waals surface area contributed by atoms with Crippen molar-refractivity contribution in [3.63, 3.8) is 0 Å². The molecule has 0 rings (SSSR count). The van der Waals surface area contributed by atoms with Gasteiger partial charge >= 0.3 is 5.97 Å². The Labute approximate surface area is 178 Å². The van der Waals surface area contributed by atoms with E-state index in [-0.39, 0.29) is 12.3 Å². The number of allylic oxidation sites excluding steroid dienone is 1. The summed E-state index contributed by atoms with van der Waals surface area (Å²) in [6.07, 6.45) is 3.40. The van der Waals surface area contributed by atoms with E-state index in [1.54, 1.807) is 19.9 Å². The largest absolute Gasteiger partial charge is 0.467 e. The van der Waals surface area contributed by atoms with Crippen LogP contribution >= 0.6 is 69.6 Å². The molecule has 0 aromatic carbocycles. The Hall–Kier alpha value is 0.420. The molecule has 0 bridgehead atoms. The number of hydrogen-bond donors (Lipinski definition) is 0. The number of halogens is 6. The molecule has 10 heteroatoms. The fourth-order valence-electron chi connectivity index (χ4n) is 1.79. The summed E-state index contributed by atoms with van der Waals surface area (Å²) in [5.74, 6) is -1.78. The van der Waals surface area contributed by atoms with Crippen LogP contribution in [0, 0.1) is 11.8 Å². The minimum Gasteiger partial charge on any atom is -0.467 e. The minimum atomic E-state index is -1.56. The highest BCUT2D eigenvalue weighted by molar-refractivity contribution is 6.68. The van der Waals surface area contributed by atoms with Crippen LogP contribution in [0.2, 0.25) is 0 Å². The number of carbonyl (C=O) groups excluding carboxylic acids is 2. The fraction of sp³-hybridized carbons (Fsp3) is 0.733. The minimum absolute atomic E-state index is 0.129. The number of nitrogens with zero attached hydrogens (tertiary/aromatic N) is 1. The highest BCUT2D eigenvalue weighted by Gasteiger charge is 2.36. The van der Waals surface area contributed by atoms with Crippen molar-refractivity contribution in [1.82, 2.24) is 4.90 Å². The van der Waals surface area contributed by atoms with Crippen molar-refractivity contribution in [3.8, 4) is 0 Å². The highest BCUT2D eigenvalue weighted by Crippen LogP contribution is 2.38. The van der Waals surface area contributed by atoms with Crippen molar-refractivity contribution in [2.24, 2.45) is 11.8 Å². The van der Waals surface area contributed by atoms with Gasteiger partial charge in [0, 0.05) is 18.9 Å². The maximum atomic E-state index is 12.3. The summed E-state index contributed by atoms with van der Waals surface area (Å²) in [4.78, 5) is 25.5. The first-order chi connectivity index (χ1) is 11.2. The van der Waals surface area contributed by atoms with Crippen LogP contribution < -0.4 is 0 Å². The number of ether oxygens (including phenoxy) is 1. The van der Waals surface area contributed by atoms with E-state index in [0.29, 0.717) is 6.42 Å². The van der Waals surface area contributed by atoms with Gasteiger partial charge in [-0.2, -0.15) is 0 Å². The SMILES string of the molecule is COC(=O)[C@H](C[C@H](C)C(Cl)(Cl)Cl)N(C)C(=O)/C=C/C[C@H](C)C(Cl)(Cl)Cl. The van der Waals surface area contributed by atoms with E-state index >= 15 is 0 Å². The molecule has 0 fully saturated rings. The quantitative estimate of drug-likeness (QED) is 0.284. The van der Waals surface area contributed by atoms with Gasteiger partial charge < -0.3 is 9.64 Å². The summed E-state index contributed by atoms with van der Waals surface area (Å²) in [5.41, 5.74) is 0. The molecule has 0 radical (unpaired) electrons. The van der Waals surface area contributed by atoms with Gasteiger partial charge in [-0.05, 0) is 18.9 Å². The Bertz CT molecular complexity index is 487. The lowest BCUT2D eigenvalue weighted by atomic mass is 10.0. The zero-order chi connectivity index (χ0) is 20.0. The van der Waals surface area contributed by atoms with Crippen molar-refractivity contribution in [3.05, 3.63) is 12.2 Å².